The second kappa shape index (κ2) is 5.72. The fourth-order valence-electron chi connectivity index (χ4n) is 3.03. The molecular formula is C18H19NO3. The van der Waals surface area contributed by atoms with Crippen molar-refractivity contribution in [2.75, 3.05) is 12.0 Å². The number of rotatable bonds is 4. The zero-order valence-electron chi connectivity index (χ0n) is 12.7. The van der Waals surface area contributed by atoms with Crippen LogP contribution in [0, 0.1) is 5.92 Å². The molecule has 2 aromatic carbocycles. The zero-order chi connectivity index (χ0) is 15.7. The van der Waals surface area contributed by atoms with Crippen LogP contribution in [0.25, 0.3) is 0 Å². The molecule has 1 fully saturated rings. The van der Waals surface area contributed by atoms with E-state index in [0.29, 0.717) is 0 Å². The maximum atomic E-state index is 12.4. The molecule has 0 bridgehead atoms. The predicted molar refractivity (Wildman–Crippen MR) is 85.1 cm³/mol. The summed E-state index contributed by atoms with van der Waals surface area (Å²) in [4.78, 5) is 14.2. The number of phenols is 1. The molecule has 1 N–H and O–H groups in total. The summed E-state index contributed by atoms with van der Waals surface area (Å²) in [7, 11) is 1.64. The number of hydrogen-bond donors (Lipinski definition) is 1. The molecule has 0 aromatic heterocycles. The van der Waals surface area contributed by atoms with Gasteiger partial charge in [-0.1, -0.05) is 19.1 Å². The molecule has 1 amide bonds. The first-order chi connectivity index (χ1) is 10.7. The Morgan fingerprint density at radius 1 is 1.09 bits per heavy atom. The fraction of sp³-hybridized carbons (Fsp3) is 0.278. The first-order valence-corrected chi connectivity index (χ1v) is 7.41. The van der Waals surface area contributed by atoms with Gasteiger partial charge >= 0.3 is 0 Å². The van der Waals surface area contributed by atoms with Gasteiger partial charge in [0.05, 0.1) is 19.1 Å². The summed E-state index contributed by atoms with van der Waals surface area (Å²) in [5.41, 5.74) is 1.91. The normalized spacial score (nSPS) is 20.6. The Kier molecular flexibility index (Phi) is 3.75. The van der Waals surface area contributed by atoms with E-state index in [0.717, 1.165) is 23.4 Å². The number of β-lactam (4-membered cyclic amide) rings is 1. The van der Waals surface area contributed by atoms with Crippen molar-refractivity contribution in [2.45, 2.75) is 19.4 Å². The molecule has 22 heavy (non-hydrogen) atoms. The Morgan fingerprint density at radius 2 is 1.73 bits per heavy atom. The highest BCUT2D eigenvalue weighted by molar-refractivity contribution is 6.03. The van der Waals surface area contributed by atoms with E-state index >= 15 is 0 Å². The highest BCUT2D eigenvalue weighted by Crippen LogP contribution is 2.45. The Balaban J connectivity index is 1.94. The molecule has 4 nitrogen and oxygen atoms in total. The van der Waals surface area contributed by atoms with Crippen molar-refractivity contribution in [3.05, 3.63) is 54.1 Å². The van der Waals surface area contributed by atoms with Crippen molar-refractivity contribution in [2.24, 2.45) is 5.92 Å². The molecule has 1 heterocycles. The molecule has 1 aliphatic rings. The molecule has 2 aromatic rings. The van der Waals surface area contributed by atoms with Crippen LogP contribution in [0.2, 0.25) is 0 Å². The van der Waals surface area contributed by atoms with Crippen LogP contribution in [0.15, 0.2) is 48.5 Å². The smallest absolute Gasteiger partial charge is 0.233 e. The third kappa shape index (κ3) is 2.30. The van der Waals surface area contributed by atoms with E-state index < -0.39 is 0 Å². The molecule has 0 saturated carbocycles. The summed E-state index contributed by atoms with van der Waals surface area (Å²) in [6, 6.07) is 14.6. The van der Waals surface area contributed by atoms with Gasteiger partial charge in [-0.25, -0.2) is 0 Å². The van der Waals surface area contributed by atoms with E-state index in [1.807, 2.05) is 31.2 Å². The lowest BCUT2D eigenvalue weighted by atomic mass is 9.80. The minimum atomic E-state index is 0.00204. The summed E-state index contributed by atoms with van der Waals surface area (Å²) in [5, 5.41) is 9.42. The van der Waals surface area contributed by atoms with Crippen LogP contribution >= 0.6 is 0 Å². The maximum absolute atomic E-state index is 12.4. The number of amides is 1. The average molecular weight is 297 g/mol. The highest BCUT2D eigenvalue weighted by atomic mass is 16.5. The number of nitrogens with zero attached hydrogens (tertiary/aromatic N) is 1. The standard InChI is InChI=1S/C18H19NO3/c1-3-16-17(12-4-10-15(22-2)11-5-12)19(18(16)21)13-6-8-14(20)9-7-13/h4-11,16-17,20H,3H2,1-2H3/t16-,17-/m1/s1. The average Bonchev–Trinajstić information content (AvgIpc) is 2.55. The monoisotopic (exact) mass is 297 g/mol. The van der Waals surface area contributed by atoms with Gasteiger partial charge in [0, 0.05) is 5.69 Å². The summed E-state index contributed by atoms with van der Waals surface area (Å²) >= 11 is 0. The largest absolute Gasteiger partial charge is 0.508 e. The van der Waals surface area contributed by atoms with E-state index in [1.54, 1.807) is 36.3 Å². The Bertz CT molecular complexity index is 664. The molecule has 1 saturated heterocycles. The van der Waals surface area contributed by atoms with Gasteiger partial charge in [-0.2, -0.15) is 0 Å². The third-order valence-electron chi connectivity index (χ3n) is 4.24. The lowest BCUT2D eigenvalue weighted by molar-refractivity contribution is -0.130. The first kappa shape index (κ1) is 14.4. The van der Waals surface area contributed by atoms with Crippen molar-refractivity contribution in [1.82, 2.24) is 0 Å². The molecule has 4 heteroatoms. The van der Waals surface area contributed by atoms with Gasteiger partial charge in [-0.05, 0) is 48.4 Å². The number of ether oxygens (including phenoxy) is 1. The zero-order valence-corrected chi connectivity index (χ0v) is 12.7. The third-order valence-corrected chi connectivity index (χ3v) is 4.24. The molecule has 0 radical (unpaired) electrons. The Labute approximate surface area is 130 Å². The Hall–Kier alpha value is -2.49. The van der Waals surface area contributed by atoms with Gasteiger partial charge in [-0.15, -0.1) is 0 Å². The molecule has 114 valence electrons. The van der Waals surface area contributed by atoms with Crippen LogP contribution in [0.5, 0.6) is 11.5 Å². The van der Waals surface area contributed by atoms with Crippen LogP contribution in [-0.2, 0) is 4.79 Å². The molecule has 3 rings (SSSR count). The maximum Gasteiger partial charge on any atom is 0.233 e. The number of anilines is 1. The van der Waals surface area contributed by atoms with E-state index in [1.165, 1.54) is 0 Å². The van der Waals surface area contributed by atoms with Crippen LogP contribution in [0.1, 0.15) is 24.9 Å². The second-order valence-electron chi connectivity index (χ2n) is 5.46. The number of benzene rings is 2. The Morgan fingerprint density at radius 3 is 2.27 bits per heavy atom. The minimum Gasteiger partial charge on any atom is -0.508 e. The van der Waals surface area contributed by atoms with Crippen LogP contribution in [0.3, 0.4) is 0 Å². The SMILES string of the molecule is CC[C@H]1C(=O)N(c2ccc(O)cc2)[C@@H]1c1ccc(OC)cc1. The molecule has 0 unspecified atom stereocenters. The second-order valence-corrected chi connectivity index (χ2v) is 5.46. The van der Waals surface area contributed by atoms with E-state index in [-0.39, 0.29) is 23.6 Å². The molecule has 0 aliphatic carbocycles. The highest BCUT2D eigenvalue weighted by Gasteiger charge is 2.47. The number of phenolic OH excluding ortho intramolecular Hbond substituents is 1. The van der Waals surface area contributed by atoms with Gasteiger partial charge in [-0.3, -0.25) is 4.79 Å². The van der Waals surface area contributed by atoms with Crippen molar-refractivity contribution >= 4 is 11.6 Å². The summed E-state index contributed by atoms with van der Waals surface area (Å²) in [5.74, 6) is 1.14. The summed E-state index contributed by atoms with van der Waals surface area (Å²) < 4.78 is 5.19. The molecular weight excluding hydrogens is 278 g/mol. The number of carbonyl (C=O) groups excluding carboxylic acids is 1. The summed E-state index contributed by atoms with van der Waals surface area (Å²) in [6.07, 6.45) is 0.810. The topological polar surface area (TPSA) is 49.8 Å². The lowest BCUT2D eigenvalue weighted by Crippen LogP contribution is -2.55. The van der Waals surface area contributed by atoms with Gasteiger partial charge in [0.15, 0.2) is 0 Å². The van der Waals surface area contributed by atoms with Crippen molar-refractivity contribution in [1.29, 1.82) is 0 Å². The van der Waals surface area contributed by atoms with Crippen LogP contribution in [0.4, 0.5) is 5.69 Å². The van der Waals surface area contributed by atoms with Gasteiger partial charge in [0.2, 0.25) is 5.91 Å². The number of hydrogen-bond acceptors (Lipinski definition) is 3. The number of methoxy groups -OCH3 is 1. The quantitative estimate of drug-likeness (QED) is 0.879. The molecule has 2 atom stereocenters. The lowest BCUT2D eigenvalue weighted by Gasteiger charge is -2.47. The summed E-state index contributed by atoms with van der Waals surface area (Å²) in [6.45, 7) is 2.03. The van der Waals surface area contributed by atoms with E-state index in [4.69, 9.17) is 4.74 Å². The molecule has 1 aliphatic heterocycles. The van der Waals surface area contributed by atoms with Gasteiger partial charge < -0.3 is 14.7 Å². The predicted octanol–water partition coefficient (Wildman–Crippen LogP) is 3.51. The van der Waals surface area contributed by atoms with E-state index in [2.05, 4.69) is 0 Å². The number of aromatic hydroxyl groups is 1. The fourth-order valence-corrected chi connectivity index (χ4v) is 3.03. The van der Waals surface area contributed by atoms with Crippen molar-refractivity contribution in [3.8, 4) is 11.5 Å². The van der Waals surface area contributed by atoms with Crippen LogP contribution in [-0.4, -0.2) is 18.1 Å². The van der Waals surface area contributed by atoms with Gasteiger partial charge in [0.1, 0.15) is 11.5 Å². The number of carbonyl (C=O) groups is 1. The van der Waals surface area contributed by atoms with E-state index in [9.17, 15) is 9.90 Å². The first-order valence-electron chi connectivity index (χ1n) is 7.41. The van der Waals surface area contributed by atoms with Gasteiger partial charge in [0.25, 0.3) is 0 Å². The van der Waals surface area contributed by atoms with Crippen molar-refractivity contribution in [3.63, 3.8) is 0 Å². The molecule has 0 spiro atoms. The van der Waals surface area contributed by atoms with Crippen LogP contribution < -0.4 is 9.64 Å². The minimum absolute atomic E-state index is 0.00204. The van der Waals surface area contributed by atoms with Crippen molar-refractivity contribution < 1.29 is 14.6 Å².